The van der Waals surface area contributed by atoms with Gasteiger partial charge in [-0.05, 0) is 42.3 Å². The SMILES string of the molecule is CCCOc1ccc(C(CC(=O)O)NC(=O)c2cccc(Cl)c2)cc1. The Morgan fingerprint density at radius 3 is 2.52 bits per heavy atom. The zero-order chi connectivity index (χ0) is 18.2. The maximum atomic E-state index is 12.4. The molecular weight excluding hydrogens is 342 g/mol. The van der Waals surface area contributed by atoms with Gasteiger partial charge in [-0.15, -0.1) is 0 Å². The lowest BCUT2D eigenvalue weighted by Gasteiger charge is -2.18. The Labute approximate surface area is 151 Å². The summed E-state index contributed by atoms with van der Waals surface area (Å²) >= 11 is 5.90. The molecule has 2 rings (SSSR count). The van der Waals surface area contributed by atoms with Gasteiger partial charge in [-0.25, -0.2) is 0 Å². The lowest BCUT2D eigenvalue weighted by Crippen LogP contribution is -2.30. The van der Waals surface area contributed by atoms with Gasteiger partial charge < -0.3 is 15.2 Å². The summed E-state index contributed by atoms with van der Waals surface area (Å²) < 4.78 is 5.52. The molecule has 2 aromatic rings. The van der Waals surface area contributed by atoms with Crippen LogP contribution in [0.4, 0.5) is 0 Å². The monoisotopic (exact) mass is 361 g/mol. The number of hydrogen-bond acceptors (Lipinski definition) is 3. The van der Waals surface area contributed by atoms with Gasteiger partial charge in [0.2, 0.25) is 0 Å². The molecule has 6 heteroatoms. The molecule has 0 aromatic heterocycles. The van der Waals surface area contributed by atoms with E-state index in [-0.39, 0.29) is 12.3 Å². The van der Waals surface area contributed by atoms with Crippen LogP contribution < -0.4 is 10.1 Å². The van der Waals surface area contributed by atoms with E-state index >= 15 is 0 Å². The lowest BCUT2D eigenvalue weighted by molar-refractivity contribution is -0.137. The van der Waals surface area contributed by atoms with Gasteiger partial charge in [0, 0.05) is 10.6 Å². The first-order valence-electron chi connectivity index (χ1n) is 8.00. The number of rotatable bonds is 8. The molecule has 0 spiro atoms. The lowest BCUT2D eigenvalue weighted by atomic mass is 10.0. The highest BCUT2D eigenvalue weighted by atomic mass is 35.5. The third-order valence-corrected chi connectivity index (χ3v) is 3.76. The number of halogens is 1. The number of aliphatic carboxylic acids is 1. The highest BCUT2D eigenvalue weighted by Crippen LogP contribution is 2.22. The molecule has 0 heterocycles. The maximum absolute atomic E-state index is 12.4. The van der Waals surface area contributed by atoms with Crippen LogP contribution in [-0.4, -0.2) is 23.6 Å². The van der Waals surface area contributed by atoms with Gasteiger partial charge in [0.25, 0.3) is 5.91 Å². The summed E-state index contributed by atoms with van der Waals surface area (Å²) in [4.78, 5) is 23.5. The third kappa shape index (κ3) is 5.80. The van der Waals surface area contributed by atoms with Crippen LogP contribution in [0.1, 0.15) is 41.7 Å². The van der Waals surface area contributed by atoms with Crippen LogP contribution in [0, 0.1) is 0 Å². The number of carboxylic acid groups (broad SMARTS) is 1. The molecule has 2 aromatic carbocycles. The molecule has 0 fully saturated rings. The number of amides is 1. The third-order valence-electron chi connectivity index (χ3n) is 3.53. The van der Waals surface area contributed by atoms with Crippen molar-refractivity contribution in [2.45, 2.75) is 25.8 Å². The number of carboxylic acids is 1. The summed E-state index contributed by atoms with van der Waals surface area (Å²) in [7, 11) is 0. The molecule has 132 valence electrons. The fraction of sp³-hybridized carbons (Fsp3) is 0.263. The first-order chi connectivity index (χ1) is 12.0. The maximum Gasteiger partial charge on any atom is 0.305 e. The highest BCUT2D eigenvalue weighted by molar-refractivity contribution is 6.30. The first kappa shape index (κ1) is 18.8. The average Bonchev–Trinajstić information content (AvgIpc) is 2.59. The Hall–Kier alpha value is -2.53. The van der Waals surface area contributed by atoms with Crippen molar-refractivity contribution in [2.75, 3.05) is 6.61 Å². The van der Waals surface area contributed by atoms with E-state index < -0.39 is 12.0 Å². The molecule has 0 saturated carbocycles. The van der Waals surface area contributed by atoms with Crippen molar-refractivity contribution in [3.63, 3.8) is 0 Å². The van der Waals surface area contributed by atoms with E-state index in [1.807, 2.05) is 6.92 Å². The minimum Gasteiger partial charge on any atom is -0.494 e. The Morgan fingerprint density at radius 1 is 1.20 bits per heavy atom. The molecule has 25 heavy (non-hydrogen) atoms. The second kappa shape index (κ2) is 9.08. The van der Waals surface area contributed by atoms with Crippen LogP contribution in [0.15, 0.2) is 48.5 Å². The van der Waals surface area contributed by atoms with Crippen molar-refractivity contribution in [1.82, 2.24) is 5.32 Å². The molecule has 0 radical (unpaired) electrons. The second-order valence-electron chi connectivity index (χ2n) is 5.55. The molecule has 1 unspecified atom stereocenters. The van der Waals surface area contributed by atoms with Crippen LogP contribution >= 0.6 is 11.6 Å². The van der Waals surface area contributed by atoms with E-state index in [1.54, 1.807) is 42.5 Å². The van der Waals surface area contributed by atoms with Crippen molar-refractivity contribution in [3.05, 3.63) is 64.7 Å². The minimum atomic E-state index is -0.997. The fourth-order valence-corrected chi connectivity index (χ4v) is 2.50. The molecule has 1 amide bonds. The van der Waals surface area contributed by atoms with E-state index in [0.717, 1.165) is 6.42 Å². The Bertz CT molecular complexity index is 730. The van der Waals surface area contributed by atoms with Gasteiger partial charge >= 0.3 is 5.97 Å². The quantitative estimate of drug-likeness (QED) is 0.743. The van der Waals surface area contributed by atoms with E-state index in [2.05, 4.69) is 5.32 Å². The normalized spacial score (nSPS) is 11.6. The van der Waals surface area contributed by atoms with Crippen LogP contribution in [0.5, 0.6) is 5.75 Å². The van der Waals surface area contributed by atoms with Crippen molar-refractivity contribution in [3.8, 4) is 5.75 Å². The molecule has 0 saturated heterocycles. The topological polar surface area (TPSA) is 75.6 Å². The molecule has 1 atom stereocenters. The Kier molecular flexibility index (Phi) is 6.83. The van der Waals surface area contributed by atoms with E-state index in [9.17, 15) is 9.59 Å². The molecule has 0 aliphatic carbocycles. The van der Waals surface area contributed by atoms with Gasteiger partial charge in [0.15, 0.2) is 0 Å². The summed E-state index contributed by atoms with van der Waals surface area (Å²) in [6, 6.07) is 12.9. The molecular formula is C19H20ClNO4. The van der Waals surface area contributed by atoms with Crippen LogP contribution in [0.3, 0.4) is 0 Å². The zero-order valence-corrected chi connectivity index (χ0v) is 14.6. The Balaban J connectivity index is 2.15. The number of hydrogen-bond donors (Lipinski definition) is 2. The predicted octanol–water partition coefficient (Wildman–Crippen LogP) is 4.07. The van der Waals surface area contributed by atoms with Crippen LogP contribution in [-0.2, 0) is 4.79 Å². The molecule has 0 aliphatic rings. The first-order valence-corrected chi connectivity index (χ1v) is 8.38. The van der Waals surface area contributed by atoms with Gasteiger partial charge in [-0.3, -0.25) is 9.59 Å². The minimum absolute atomic E-state index is 0.221. The number of benzene rings is 2. The summed E-state index contributed by atoms with van der Waals surface area (Å²) in [5.41, 5.74) is 1.08. The van der Waals surface area contributed by atoms with Crippen LogP contribution in [0.2, 0.25) is 5.02 Å². The number of carbonyl (C=O) groups is 2. The van der Waals surface area contributed by atoms with Gasteiger partial charge in [0.1, 0.15) is 5.75 Å². The van der Waals surface area contributed by atoms with Crippen molar-refractivity contribution >= 4 is 23.5 Å². The number of carbonyl (C=O) groups excluding carboxylic acids is 1. The van der Waals surface area contributed by atoms with E-state index in [0.29, 0.717) is 28.5 Å². The molecule has 0 bridgehead atoms. The average molecular weight is 362 g/mol. The standard InChI is InChI=1S/C19H20ClNO4/c1-2-10-25-16-8-6-13(7-9-16)17(12-18(22)23)21-19(24)14-4-3-5-15(20)11-14/h3-9,11,17H,2,10,12H2,1H3,(H,21,24)(H,22,23). The fourth-order valence-electron chi connectivity index (χ4n) is 2.31. The van der Waals surface area contributed by atoms with Gasteiger partial charge in [0.05, 0.1) is 19.1 Å². The van der Waals surface area contributed by atoms with Crippen molar-refractivity contribution < 1.29 is 19.4 Å². The van der Waals surface area contributed by atoms with Crippen LogP contribution in [0.25, 0.3) is 0 Å². The van der Waals surface area contributed by atoms with Gasteiger partial charge in [-0.1, -0.05) is 36.7 Å². The predicted molar refractivity (Wildman–Crippen MR) is 96.1 cm³/mol. The molecule has 5 nitrogen and oxygen atoms in total. The number of nitrogens with one attached hydrogen (secondary N) is 1. The Morgan fingerprint density at radius 2 is 1.92 bits per heavy atom. The number of ether oxygens (including phenoxy) is 1. The summed E-state index contributed by atoms with van der Waals surface area (Å²) in [6.07, 6.45) is 0.681. The zero-order valence-electron chi connectivity index (χ0n) is 13.9. The van der Waals surface area contributed by atoms with E-state index in [1.165, 1.54) is 6.07 Å². The molecule has 2 N–H and O–H groups in total. The van der Waals surface area contributed by atoms with Crippen molar-refractivity contribution in [2.24, 2.45) is 0 Å². The smallest absolute Gasteiger partial charge is 0.305 e. The van der Waals surface area contributed by atoms with Gasteiger partial charge in [-0.2, -0.15) is 0 Å². The summed E-state index contributed by atoms with van der Waals surface area (Å²) in [5.74, 6) is -0.663. The second-order valence-corrected chi connectivity index (χ2v) is 5.99. The molecule has 0 aliphatic heterocycles. The summed E-state index contributed by atoms with van der Waals surface area (Å²) in [5, 5.41) is 12.3. The largest absolute Gasteiger partial charge is 0.494 e. The highest BCUT2D eigenvalue weighted by Gasteiger charge is 2.19. The van der Waals surface area contributed by atoms with E-state index in [4.69, 9.17) is 21.4 Å². The van der Waals surface area contributed by atoms with Crippen molar-refractivity contribution in [1.29, 1.82) is 0 Å². The summed E-state index contributed by atoms with van der Waals surface area (Å²) in [6.45, 7) is 2.63.